The zero-order valence-electron chi connectivity index (χ0n) is 12.6. The van der Waals surface area contributed by atoms with Crippen LogP contribution in [0.2, 0.25) is 0 Å². The zero-order chi connectivity index (χ0) is 15.6. The molecule has 4 N–H and O–H groups in total. The van der Waals surface area contributed by atoms with Gasteiger partial charge in [-0.25, -0.2) is 0 Å². The second kappa shape index (κ2) is 4.62. The maximum absolute atomic E-state index is 6.26. The number of nitrogens with two attached hydrogens (primary N) is 1. The molecule has 1 saturated carbocycles. The first-order chi connectivity index (χ1) is 11.1. The Balaban J connectivity index is 1.33. The van der Waals surface area contributed by atoms with Gasteiger partial charge in [-0.2, -0.15) is 0 Å². The molecule has 3 atom stereocenters. The number of benzene rings is 2. The number of nitrogens with one attached hydrogen (secondary N) is 2. The lowest BCUT2D eigenvalue weighted by Gasteiger charge is -2.14. The summed E-state index contributed by atoms with van der Waals surface area (Å²) in [6, 6.07) is 13.4. The van der Waals surface area contributed by atoms with E-state index < -0.39 is 0 Å². The van der Waals surface area contributed by atoms with Gasteiger partial charge >= 0.3 is 0 Å². The molecule has 2 aromatic carbocycles. The predicted molar refractivity (Wildman–Crippen MR) is 97.4 cm³/mol. The second-order valence-electron chi connectivity index (χ2n) is 6.93. The summed E-state index contributed by atoms with van der Waals surface area (Å²) in [4.78, 5) is 0. The lowest BCUT2D eigenvalue weighted by atomic mass is 10.1. The minimum Gasteiger partial charge on any atom is -0.397 e. The van der Waals surface area contributed by atoms with Gasteiger partial charge in [0, 0.05) is 22.4 Å². The highest BCUT2D eigenvalue weighted by Gasteiger charge is 2.59. The van der Waals surface area contributed by atoms with Crippen molar-refractivity contribution in [2.24, 2.45) is 11.7 Å². The van der Waals surface area contributed by atoms with Crippen LogP contribution in [-0.4, -0.2) is 11.6 Å². The van der Waals surface area contributed by atoms with E-state index in [1.54, 1.807) is 0 Å². The highest BCUT2D eigenvalue weighted by molar-refractivity contribution is 9.10. The molecular formula is C19H18BrN3. The van der Waals surface area contributed by atoms with Crippen LogP contribution in [0.25, 0.3) is 16.5 Å². The van der Waals surface area contributed by atoms with Crippen molar-refractivity contribution in [1.82, 2.24) is 10.6 Å². The molecular weight excluding hydrogens is 350 g/mol. The Bertz CT molecular complexity index is 873. The Morgan fingerprint density at radius 1 is 1.26 bits per heavy atom. The topological polar surface area (TPSA) is 50.1 Å². The lowest BCUT2D eigenvalue weighted by Crippen LogP contribution is -2.33. The van der Waals surface area contributed by atoms with Crippen molar-refractivity contribution < 1.29 is 0 Å². The van der Waals surface area contributed by atoms with E-state index in [1.165, 1.54) is 29.3 Å². The van der Waals surface area contributed by atoms with Crippen molar-refractivity contribution in [2.75, 3.05) is 0 Å². The summed E-state index contributed by atoms with van der Waals surface area (Å²) in [5.41, 5.74) is 9.51. The molecule has 1 unspecified atom stereocenters. The molecule has 2 fully saturated rings. The lowest BCUT2D eigenvalue weighted by molar-refractivity contribution is 0.546. The van der Waals surface area contributed by atoms with Gasteiger partial charge < -0.3 is 11.1 Å². The smallest absolute Gasteiger partial charge is 0.0795 e. The molecule has 0 aromatic heterocycles. The third kappa shape index (κ3) is 2.28. The molecule has 3 nitrogen and oxygen atoms in total. The zero-order valence-corrected chi connectivity index (χ0v) is 14.2. The minimum absolute atomic E-state index is 0.167. The third-order valence-electron chi connectivity index (χ3n) is 5.26. The molecule has 1 spiro atoms. The van der Waals surface area contributed by atoms with Gasteiger partial charge in [0.05, 0.1) is 11.2 Å². The van der Waals surface area contributed by atoms with Gasteiger partial charge in [0.1, 0.15) is 0 Å². The molecule has 2 aromatic rings. The molecule has 23 heavy (non-hydrogen) atoms. The molecule has 3 aliphatic rings. The average molecular weight is 368 g/mol. The Hall–Kier alpha value is -1.78. The van der Waals surface area contributed by atoms with E-state index in [1.807, 2.05) is 6.20 Å². The first-order valence-electron chi connectivity index (χ1n) is 8.06. The highest BCUT2D eigenvalue weighted by atomic mass is 79.9. The quantitative estimate of drug-likeness (QED) is 0.778. The van der Waals surface area contributed by atoms with Gasteiger partial charge in [-0.3, -0.25) is 5.32 Å². The van der Waals surface area contributed by atoms with Crippen molar-refractivity contribution in [3.8, 4) is 0 Å². The first-order valence-corrected chi connectivity index (χ1v) is 8.85. The summed E-state index contributed by atoms with van der Waals surface area (Å²) in [7, 11) is 0. The van der Waals surface area contributed by atoms with Crippen LogP contribution in [0.4, 0.5) is 0 Å². The van der Waals surface area contributed by atoms with Gasteiger partial charge in [0.2, 0.25) is 0 Å². The summed E-state index contributed by atoms with van der Waals surface area (Å²) in [6.45, 7) is 0. The fraction of sp³-hybridized carbons (Fsp3) is 0.263. The fourth-order valence-corrected chi connectivity index (χ4v) is 4.14. The third-order valence-corrected chi connectivity index (χ3v) is 5.75. The summed E-state index contributed by atoms with van der Waals surface area (Å²) in [5, 5.41) is 9.49. The van der Waals surface area contributed by atoms with E-state index in [-0.39, 0.29) is 5.54 Å². The fourth-order valence-electron chi connectivity index (χ4n) is 3.76. The summed E-state index contributed by atoms with van der Waals surface area (Å²) < 4.78 is 1.09. The number of hydrogen-bond donors (Lipinski definition) is 3. The molecule has 4 heteroatoms. The van der Waals surface area contributed by atoms with Crippen molar-refractivity contribution in [3.05, 3.63) is 64.4 Å². The summed E-state index contributed by atoms with van der Waals surface area (Å²) in [5.74, 6) is 0.895. The number of piperidine rings is 1. The Labute approximate surface area is 143 Å². The number of hydrogen-bond acceptors (Lipinski definition) is 3. The normalized spacial score (nSPS) is 31.2. The van der Waals surface area contributed by atoms with Crippen LogP contribution < -0.4 is 16.4 Å². The molecule has 0 bridgehead atoms. The number of fused-ring (bicyclic) bond motifs is 2. The van der Waals surface area contributed by atoms with E-state index in [9.17, 15) is 0 Å². The summed E-state index contributed by atoms with van der Waals surface area (Å²) in [6.07, 6.45) is 6.82. The predicted octanol–water partition coefficient (Wildman–Crippen LogP) is 3.47. The molecule has 1 saturated heterocycles. The Morgan fingerprint density at radius 3 is 2.91 bits per heavy atom. The largest absolute Gasteiger partial charge is 0.397 e. The number of halogens is 1. The van der Waals surface area contributed by atoms with Gasteiger partial charge in [-0.05, 0) is 59.4 Å². The van der Waals surface area contributed by atoms with Gasteiger partial charge in [-0.15, -0.1) is 0 Å². The van der Waals surface area contributed by atoms with Crippen LogP contribution >= 0.6 is 15.9 Å². The van der Waals surface area contributed by atoms with Crippen LogP contribution in [0.1, 0.15) is 18.4 Å². The van der Waals surface area contributed by atoms with Crippen LogP contribution in [-0.2, 0) is 0 Å². The first kappa shape index (κ1) is 13.6. The van der Waals surface area contributed by atoms with E-state index in [4.69, 9.17) is 5.73 Å². The van der Waals surface area contributed by atoms with Crippen molar-refractivity contribution in [3.63, 3.8) is 0 Å². The van der Waals surface area contributed by atoms with E-state index in [0.29, 0.717) is 0 Å². The second-order valence-corrected chi connectivity index (χ2v) is 7.85. The average Bonchev–Trinajstić information content (AvgIpc) is 3.40. The highest BCUT2D eigenvalue weighted by Crippen LogP contribution is 2.53. The SMILES string of the molecule is N/C(=C\NC1=CC12C[C@H]1C[C@H]1N2)c1ccc2cc(Br)ccc2c1. The van der Waals surface area contributed by atoms with Crippen molar-refractivity contribution >= 4 is 32.4 Å². The van der Waals surface area contributed by atoms with Crippen LogP contribution in [0.15, 0.2) is 58.8 Å². The Kier molecular flexibility index (Phi) is 2.74. The van der Waals surface area contributed by atoms with Crippen LogP contribution in [0.5, 0.6) is 0 Å². The molecule has 1 heterocycles. The van der Waals surface area contributed by atoms with Crippen molar-refractivity contribution in [1.29, 1.82) is 0 Å². The molecule has 0 amide bonds. The molecule has 1 aliphatic heterocycles. The van der Waals surface area contributed by atoms with Gasteiger partial charge in [0.25, 0.3) is 0 Å². The van der Waals surface area contributed by atoms with E-state index in [2.05, 4.69) is 69.0 Å². The van der Waals surface area contributed by atoms with Crippen molar-refractivity contribution in [2.45, 2.75) is 24.4 Å². The van der Waals surface area contributed by atoms with Crippen LogP contribution in [0.3, 0.4) is 0 Å². The van der Waals surface area contributed by atoms with Gasteiger partial charge in [0.15, 0.2) is 0 Å². The molecule has 0 radical (unpaired) electrons. The Morgan fingerprint density at radius 2 is 2.09 bits per heavy atom. The maximum Gasteiger partial charge on any atom is 0.0795 e. The minimum atomic E-state index is 0.167. The monoisotopic (exact) mass is 367 g/mol. The summed E-state index contributed by atoms with van der Waals surface area (Å²) >= 11 is 3.51. The van der Waals surface area contributed by atoms with E-state index in [0.717, 1.165) is 27.7 Å². The molecule has 2 aliphatic carbocycles. The van der Waals surface area contributed by atoms with E-state index >= 15 is 0 Å². The molecule has 5 rings (SSSR count). The standard InChI is InChI=1S/C19H18BrN3/c20-15-4-3-11-5-13(2-1-12(11)6-15)16(21)10-22-18-9-19(18)8-14-7-17(14)23-19/h1-6,9-10,14,17,22-23H,7-8,21H2/b16-10-/t14-,17-,19?/m1/s1. The number of rotatable bonds is 3. The van der Waals surface area contributed by atoms with Crippen LogP contribution in [0, 0.1) is 5.92 Å². The maximum atomic E-state index is 6.26. The molecule has 116 valence electrons. The van der Waals surface area contributed by atoms with Gasteiger partial charge in [-0.1, -0.05) is 34.1 Å².